The highest BCUT2D eigenvalue weighted by molar-refractivity contribution is 5.78. The summed E-state index contributed by atoms with van der Waals surface area (Å²) < 4.78 is 10.2. The van der Waals surface area contributed by atoms with Crippen LogP contribution in [0.25, 0.3) is 0 Å². The minimum absolute atomic E-state index is 0.349. The number of hydrogen-bond acceptors (Lipinski definition) is 5. The fourth-order valence-electron chi connectivity index (χ4n) is 1.12. The molecule has 5 heteroatoms. The van der Waals surface area contributed by atoms with Gasteiger partial charge in [-0.15, -0.1) is 0 Å². The van der Waals surface area contributed by atoms with Crippen molar-refractivity contribution in [2.45, 2.75) is 19.5 Å². The lowest BCUT2D eigenvalue weighted by molar-refractivity contribution is -0.135. The van der Waals surface area contributed by atoms with Gasteiger partial charge in [0.05, 0.1) is 7.11 Å². The fraction of sp³-hybridized carbons (Fsp3) is 0.364. The van der Waals surface area contributed by atoms with Gasteiger partial charge in [-0.25, -0.2) is 4.79 Å². The van der Waals surface area contributed by atoms with E-state index in [0.717, 1.165) is 5.56 Å². The van der Waals surface area contributed by atoms with Gasteiger partial charge in [0.2, 0.25) is 0 Å². The van der Waals surface area contributed by atoms with Gasteiger partial charge >= 0.3 is 5.97 Å². The van der Waals surface area contributed by atoms with E-state index >= 15 is 0 Å². The van der Waals surface area contributed by atoms with Crippen LogP contribution in [0, 0.1) is 0 Å². The SMILES string of the molecule is COc1cc(CN)ccc1OC(=O)C(C)N. The zero-order chi connectivity index (χ0) is 12.1. The lowest BCUT2D eigenvalue weighted by Gasteiger charge is -2.11. The van der Waals surface area contributed by atoms with E-state index in [9.17, 15) is 4.79 Å². The zero-order valence-electron chi connectivity index (χ0n) is 9.40. The van der Waals surface area contributed by atoms with Crippen molar-refractivity contribution in [1.82, 2.24) is 0 Å². The summed E-state index contributed by atoms with van der Waals surface area (Å²) in [4.78, 5) is 11.3. The maximum absolute atomic E-state index is 11.3. The van der Waals surface area contributed by atoms with Gasteiger partial charge < -0.3 is 20.9 Å². The highest BCUT2D eigenvalue weighted by atomic mass is 16.6. The molecule has 1 atom stereocenters. The summed E-state index contributed by atoms with van der Waals surface area (Å²) >= 11 is 0. The summed E-state index contributed by atoms with van der Waals surface area (Å²) in [6.07, 6.45) is 0. The molecular formula is C11H16N2O3. The quantitative estimate of drug-likeness (QED) is 0.571. The molecule has 1 aromatic rings. The highest BCUT2D eigenvalue weighted by Gasteiger charge is 2.13. The number of ether oxygens (including phenoxy) is 2. The molecule has 1 rings (SSSR count). The maximum atomic E-state index is 11.3. The molecule has 0 radical (unpaired) electrons. The number of esters is 1. The molecule has 1 unspecified atom stereocenters. The van der Waals surface area contributed by atoms with Crippen molar-refractivity contribution in [1.29, 1.82) is 0 Å². The van der Waals surface area contributed by atoms with Crippen LogP contribution in [0.2, 0.25) is 0 Å². The van der Waals surface area contributed by atoms with Gasteiger partial charge in [-0.05, 0) is 24.6 Å². The summed E-state index contributed by atoms with van der Waals surface area (Å²) in [5.74, 6) is 0.317. The predicted octanol–water partition coefficient (Wildman–Crippen LogP) is 0.406. The highest BCUT2D eigenvalue weighted by Crippen LogP contribution is 2.28. The third-order valence-electron chi connectivity index (χ3n) is 2.05. The van der Waals surface area contributed by atoms with E-state index in [-0.39, 0.29) is 0 Å². The standard InChI is InChI=1S/C11H16N2O3/c1-7(13)11(14)16-9-4-3-8(6-12)5-10(9)15-2/h3-5,7H,6,12-13H2,1-2H3. The van der Waals surface area contributed by atoms with Gasteiger partial charge in [-0.3, -0.25) is 0 Å². The number of carbonyl (C=O) groups is 1. The Morgan fingerprint density at radius 3 is 2.62 bits per heavy atom. The molecule has 0 saturated carbocycles. The molecule has 16 heavy (non-hydrogen) atoms. The van der Waals surface area contributed by atoms with Gasteiger partial charge in [0.15, 0.2) is 11.5 Å². The van der Waals surface area contributed by atoms with Crippen LogP contribution in [0.15, 0.2) is 18.2 Å². The molecule has 0 fully saturated rings. The zero-order valence-corrected chi connectivity index (χ0v) is 9.40. The van der Waals surface area contributed by atoms with Crippen molar-refractivity contribution in [2.24, 2.45) is 11.5 Å². The van der Waals surface area contributed by atoms with Crippen molar-refractivity contribution in [3.8, 4) is 11.5 Å². The predicted molar refractivity (Wildman–Crippen MR) is 60.2 cm³/mol. The largest absolute Gasteiger partial charge is 0.493 e. The molecule has 88 valence electrons. The Hall–Kier alpha value is -1.59. The third-order valence-corrected chi connectivity index (χ3v) is 2.05. The average molecular weight is 224 g/mol. The first-order chi connectivity index (χ1) is 7.58. The normalized spacial score (nSPS) is 12.0. The van der Waals surface area contributed by atoms with Crippen LogP contribution in [0.3, 0.4) is 0 Å². The van der Waals surface area contributed by atoms with Crippen LogP contribution in [-0.4, -0.2) is 19.1 Å². The number of benzene rings is 1. The van der Waals surface area contributed by atoms with Crippen LogP contribution in [-0.2, 0) is 11.3 Å². The van der Waals surface area contributed by atoms with Crippen molar-refractivity contribution < 1.29 is 14.3 Å². The van der Waals surface area contributed by atoms with Crippen molar-refractivity contribution in [3.63, 3.8) is 0 Å². The van der Waals surface area contributed by atoms with Crippen LogP contribution in [0.1, 0.15) is 12.5 Å². The lowest BCUT2D eigenvalue weighted by Crippen LogP contribution is -2.31. The summed E-state index contributed by atoms with van der Waals surface area (Å²) in [5, 5.41) is 0. The Morgan fingerprint density at radius 2 is 2.12 bits per heavy atom. The molecule has 0 heterocycles. The third kappa shape index (κ3) is 2.95. The summed E-state index contributed by atoms with van der Waals surface area (Å²) in [7, 11) is 1.50. The minimum atomic E-state index is -0.668. The van der Waals surface area contributed by atoms with E-state index in [1.54, 1.807) is 25.1 Å². The van der Waals surface area contributed by atoms with Gasteiger partial charge in [-0.1, -0.05) is 6.07 Å². The molecule has 1 aromatic carbocycles. The molecule has 4 N–H and O–H groups in total. The van der Waals surface area contributed by atoms with Gasteiger partial charge in [0, 0.05) is 6.54 Å². The molecule has 5 nitrogen and oxygen atoms in total. The first-order valence-corrected chi connectivity index (χ1v) is 4.92. The number of nitrogens with two attached hydrogens (primary N) is 2. The van der Waals surface area contributed by atoms with E-state index in [1.807, 2.05) is 0 Å². The molecule has 0 aliphatic carbocycles. The van der Waals surface area contributed by atoms with E-state index in [0.29, 0.717) is 18.0 Å². The van der Waals surface area contributed by atoms with Gasteiger partial charge in [-0.2, -0.15) is 0 Å². The summed E-state index contributed by atoms with van der Waals surface area (Å²) in [6, 6.07) is 4.47. The molecule has 0 bridgehead atoms. The lowest BCUT2D eigenvalue weighted by atomic mass is 10.2. The Balaban J connectivity index is 2.91. The molecular weight excluding hydrogens is 208 g/mol. The maximum Gasteiger partial charge on any atom is 0.328 e. The topological polar surface area (TPSA) is 87.6 Å². The average Bonchev–Trinajstić information content (AvgIpc) is 2.29. The van der Waals surface area contributed by atoms with Crippen molar-refractivity contribution in [3.05, 3.63) is 23.8 Å². The van der Waals surface area contributed by atoms with Crippen LogP contribution >= 0.6 is 0 Å². The first kappa shape index (κ1) is 12.5. The van der Waals surface area contributed by atoms with E-state index in [1.165, 1.54) is 7.11 Å². The molecule has 0 aromatic heterocycles. The monoisotopic (exact) mass is 224 g/mol. The Kier molecular flexibility index (Phi) is 4.28. The fourth-order valence-corrected chi connectivity index (χ4v) is 1.12. The second-order valence-corrected chi connectivity index (χ2v) is 3.40. The van der Waals surface area contributed by atoms with Crippen molar-refractivity contribution in [2.75, 3.05) is 7.11 Å². The smallest absolute Gasteiger partial charge is 0.328 e. The minimum Gasteiger partial charge on any atom is -0.493 e. The van der Waals surface area contributed by atoms with Gasteiger partial charge in [0.1, 0.15) is 6.04 Å². The van der Waals surface area contributed by atoms with E-state index < -0.39 is 12.0 Å². The van der Waals surface area contributed by atoms with E-state index in [4.69, 9.17) is 20.9 Å². The summed E-state index contributed by atoms with van der Waals surface area (Å²) in [6.45, 7) is 1.96. The van der Waals surface area contributed by atoms with Crippen LogP contribution < -0.4 is 20.9 Å². The number of carbonyl (C=O) groups excluding carboxylic acids is 1. The van der Waals surface area contributed by atoms with Crippen LogP contribution in [0.4, 0.5) is 0 Å². The Bertz CT molecular complexity index is 377. The second-order valence-electron chi connectivity index (χ2n) is 3.40. The first-order valence-electron chi connectivity index (χ1n) is 4.92. The van der Waals surface area contributed by atoms with Crippen molar-refractivity contribution >= 4 is 5.97 Å². The van der Waals surface area contributed by atoms with Gasteiger partial charge in [0.25, 0.3) is 0 Å². The Labute approximate surface area is 94.3 Å². The molecule has 0 aliphatic rings. The summed E-state index contributed by atoms with van der Waals surface area (Å²) in [5.41, 5.74) is 11.8. The van der Waals surface area contributed by atoms with Crippen LogP contribution in [0.5, 0.6) is 11.5 Å². The number of hydrogen-bond donors (Lipinski definition) is 2. The second kappa shape index (κ2) is 5.48. The number of methoxy groups -OCH3 is 1. The molecule has 0 aliphatic heterocycles. The molecule has 0 spiro atoms. The molecule has 0 amide bonds. The Morgan fingerprint density at radius 1 is 1.44 bits per heavy atom. The molecule has 0 saturated heterocycles. The number of rotatable bonds is 4. The van der Waals surface area contributed by atoms with E-state index in [2.05, 4.69) is 0 Å².